The number of carbonyl (C=O) groups excluding carboxylic acids is 2. The molecule has 17 nitrogen and oxygen atoms in total. The number of fused-ring (bicyclic) bond motifs is 8. The lowest BCUT2D eigenvalue weighted by Crippen LogP contribution is -2.44. The molecule has 5 aromatic carbocycles. The van der Waals surface area contributed by atoms with Gasteiger partial charge in [0.05, 0.1) is 58.5 Å². The number of hydrogen-bond acceptors (Lipinski definition) is 11. The molecule has 110 heavy (non-hydrogen) atoms. The van der Waals surface area contributed by atoms with Crippen molar-refractivity contribution >= 4 is 83.3 Å². The van der Waals surface area contributed by atoms with Gasteiger partial charge in [-0.3, -0.25) is 33.5 Å². The maximum atomic E-state index is 11.5. The number of allylic oxidation sites excluding steroid dienone is 2. The van der Waals surface area contributed by atoms with Gasteiger partial charge in [-0.25, -0.2) is 24.8 Å². The van der Waals surface area contributed by atoms with E-state index in [2.05, 4.69) is 100 Å². The molecule has 0 radical (unpaired) electrons. The monoisotopic (exact) mass is 1510 g/mol. The first-order valence-electron chi connectivity index (χ1n) is 39.0. The highest BCUT2D eigenvalue weighted by Gasteiger charge is 2.23. The van der Waals surface area contributed by atoms with Crippen LogP contribution < -0.4 is 11.0 Å². The fourth-order valence-electron chi connectivity index (χ4n) is 9.64. The number of benzene rings is 5. The SMILES string of the molecule is CC.CC.CC.CC.CC.CC.CC.CC.CC.CC1=CCN2C=CC=CN2C1=O.Cc1ccc2c(c1)CCC(=O)N2.Cc1ccc2ccccc2n1.Cc1ccc2ncccc2c1.Cc1ccoc1.Cc1cnc2ccccn12.Cc1cnc2sccn12.Cn1c(=O)[nH]c2ccccc21.Cn1cnc2ccccc21. The second-order valence-corrected chi connectivity index (χ2v) is 22.7. The van der Waals surface area contributed by atoms with Crippen LogP contribution in [0, 0.1) is 41.5 Å². The van der Waals surface area contributed by atoms with E-state index in [1.54, 1.807) is 46.7 Å². The quantitative estimate of drug-likeness (QED) is 0.148. The van der Waals surface area contributed by atoms with Crippen molar-refractivity contribution in [3.05, 3.63) is 299 Å². The van der Waals surface area contributed by atoms with Crippen LogP contribution in [0.15, 0.2) is 258 Å². The number of hydrazine groups is 1. The number of thiazole rings is 1. The minimum atomic E-state index is -0.0637. The topological polar surface area (TPSA) is 182 Å². The van der Waals surface area contributed by atoms with Gasteiger partial charge in [0, 0.05) is 108 Å². The van der Waals surface area contributed by atoms with Gasteiger partial charge in [-0.1, -0.05) is 221 Å². The normalized spacial score (nSPS) is 10.8. The molecule has 0 atom stereocenters. The zero-order valence-electron chi connectivity index (χ0n) is 71.2. The first-order valence-corrected chi connectivity index (χ1v) is 39.9. The van der Waals surface area contributed by atoms with Crippen LogP contribution in [0.2, 0.25) is 0 Å². The van der Waals surface area contributed by atoms with E-state index in [0.717, 1.165) is 68.1 Å². The summed E-state index contributed by atoms with van der Waals surface area (Å²) in [5, 5.41) is 10.8. The summed E-state index contributed by atoms with van der Waals surface area (Å²) in [5.74, 6) is 0.188. The molecule has 0 aliphatic carbocycles. The number of para-hydroxylation sites is 5. The predicted octanol–water partition coefficient (Wildman–Crippen LogP) is 24.6. The Labute approximate surface area is 662 Å². The van der Waals surface area contributed by atoms with E-state index >= 15 is 0 Å². The molecule has 0 spiro atoms. The van der Waals surface area contributed by atoms with E-state index in [-0.39, 0.29) is 17.5 Å². The van der Waals surface area contributed by atoms with Gasteiger partial charge < -0.3 is 23.7 Å². The van der Waals surface area contributed by atoms with Crippen LogP contribution in [0.4, 0.5) is 5.69 Å². The summed E-state index contributed by atoms with van der Waals surface area (Å²) in [6.07, 6.45) is 25.7. The average Bonchev–Trinajstić information content (AvgIpc) is 1.77. The van der Waals surface area contributed by atoms with Crippen molar-refractivity contribution in [3.63, 3.8) is 0 Å². The fraction of sp³-hybridized carbons (Fsp3) is 0.326. The standard InChI is InChI=1S/C10H11NO.2C10H9N.C9H10N2O.C8H8N2O.2C8H8N2.C6H6N2S.C5H6O.9C2H6/c1-7-2-4-9-8(6-7)3-5-10(12)11-9;1-8-4-5-10-9(7-8)3-2-6-11-10;1-8-6-7-9-4-2-3-5-10(9)11-8;1-8-4-7-10-5-2-3-6-11(10)9(8)12;1-10-7-5-3-2-4-6(7)9-8(10)11;1-10-6-9-7-4-2-3-5-8(7)10;1-7-6-9-8-4-2-3-5-10(7)8;1-5-4-7-6-8(5)2-3-9-6;1-5-2-3-6-4-5;9*1-2/h2,4,6H,3,5H2,1H3,(H,11,12);2*2-7H,1H3;2-6H,7H2,1H3;2-5H,1H3,(H,9,11);2*2-6H,1H3;2-4H,1H3;2-4H,1H3;9*1-2H3. The molecule has 0 bridgehead atoms. The summed E-state index contributed by atoms with van der Waals surface area (Å²) < 4.78 is 12.4. The molecule has 3 aliphatic rings. The van der Waals surface area contributed by atoms with E-state index in [1.807, 2.05) is 358 Å². The summed E-state index contributed by atoms with van der Waals surface area (Å²) in [7, 11) is 3.75. The molecule has 0 saturated carbocycles. The molecule has 2 N–H and O–H groups in total. The predicted molar refractivity (Wildman–Crippen MR) is 474 cm³/mol. The van der Waals surface area contributed by atoms with Gasteiger partial charge >= 0.3 is 5.69 Å². The number of aromatic amines is 1. The smallest absolute Gasteiger partial charge is 0.326 e. The lowest BCUT2D eigenvalue weighted by Gasteiger charge is -2.35. The van der Waals surface area contributed by atoms with Gasteiger partial charge in [0.1, 0.15) is 5.65 Å². The number of rotatable bonds is 0. The third kappa shape index (κ3) is 33.1. The van der Waals surface area contributed by atoms with Crippen LogP contribution in [0.25, 0.3) is 54.5 Å². The minimum absolute atomic E-state index is 0.0573. The zero-order valence-corrected chi connectivity index (χ0v) is 72.0. The van der Waals surface area contributed by atoms with Crippen LogP contribution in [0.1, 0.15) is 177 Å². The molecule has 18 heteroatoms. The van der Waals surface area contributed by atoms with Crippen LogP contribution in [0.3, 0.4) is 0 Å². The summed E-state index contributed by atoms with van der Waals surface area (Å²) in [6.45, 7) is 50.9. The molecule has 0 unspecified atom stereocenters. The number of nitrogens with one attached hydrogen (secondary N) is 2. The number of hydrogen-bond donors (Lipinski definition) is 2. The number of pyridine rings is 3. The molecular weight excluding hydrogens is 1380 g/mol. The maximum absolute atomic E-state index is 11.5. The third-order valence-electron chi connectivity index (χ3n) is 14.7. The summed E-state index contributed by atoms with van der Waals surface area (Å²) >= 11 is 1.66. The molecule has 9 aromatic heterocycles. The Kier molecular flexibility index (Phi) is 52.8. The largest absolute Gasteiger partial charge is 0.472 e. The second-order valence-electron chi connectivity index (χ2n) is 21.8. The molecule has 17 rings (SSSR count). The number of H-pyrrole nitrogens is 1. The Bertz CT molecular complexity index is 4740. The zero-order chi connectivity index (χ0) is 82.9. The average molecular weight is 1510 g/mol. The fourth-order valence-corrected chi connectivity index (χ4v) is 10.4. The molecule has 592 valence electrons. The van der Waals surface area contributed by atoms with Crippen LogP contribution in [0.5, 0.6) is 0 Å². The molecular formula is C92H129N13O4S. The number of anilines is 1. The molecule has 2 amide bonds. The van der Waals surface area contributed by atoms with Gasteiger partial charge in [0.15, 0.2) is 4.96 Å². The van der Waals surface area contributed by atoms with E-state index < -0.39 is 0 Å². The Morgan fingerprint density at radius 1 is 0.500 bits per heavy atom. The van der Waals surface area contributed by atoms with Gasteiger partial charge in [-0.05, 0) is 157 Å². The minimum Gasteiger partial charge on any atom is -0.472 e. The van der Waals surface area contributed by atoms with Crippen molar-refractivity contribution in [2.75, 3.05) is 11.9 Å². The van der Waals surface area contributed by atoms with Crippen molar-refractivity contribution < 1.29 is 14.0 Å². The van der Waals surface area contributed by atoms with Crippen LogP contribution >= 0.6 is 11.3 Å². The third-order valence-corrected chi connectivity index (χ3v) is 15.5. The lowest BCUT2D eigenvalue weighted by molar-refractivity contribution is -0.135. The van der Waals surface area contributed by atoms with Crippen molar-refractivity contribution in [2.24, 2.45) is 14.1 Å². The Morgan fingerprint density at radius 2 is 1.10 bits per heavy atom. The van der Waals surface area contributed by atoms with Crippen molar-refractivity contribution in [2.45, 2.75) is 186 Å². The molecule has 14 aromatic rings. The molecule has 0 fully saturated rings. The van der Waals surface area contributed by atoms with Crippen molar-refractivity contribution in [1.29, 1.82) is 0 Å². The van der Waals surface area contributed by atoms with Crippen molar-refractivity contribution in [3.8, 4) is 0 Å². The first kappa shape index (κ1) is 98.8. The van der Waals surface area contributed by atoms with Crippen molar-refractivity contribution in [1.82, 2.24) is 57.9 Å². The van der Waals surface area contributed by atoms with E-state index in [4.69, 9.17) is 4.42 Å². The number of imidazole rings is 4. The van der Waals surface area contributed by atoms with Gasteiger partial charge in [-0.15, -0.1) is 11.3 Å². The van der Waals surface area contributed by atoms with E-state index in [1.165, 1.54) is 49.9 Å². The molecule has 12 heterocycles. The van der Waals surface area contributed by atoms with E-state index in [0.29, 0.717) is 6.42 Å². The highest BCUT2D eigenvalue weighted by molar-refractivity contribution is 7.15. The van der Waals surface area contributed by atoms with Gasteiger partial charge in [-0.2, -0.15) is 0 Å². The Morgan fingerprint density at radius 3 is 1.74 bits per heavy atom. The second kappa shape index (κ2) is 58.8. The highest BCUT2D eigenvalue weighted by atomic mass is 32.1. The Balaban J connectivity index is 0.00000119. The summed E-state index contributed by atoms with van der Waals surface area (Å²) in [6, 6.07) is 52.3. The maximum Gasteiger partial charge on any atom is 0.326 e. The highest BCUT2D eigenvalue weighted by Crippen LogP contribution is 2.23. The number of aryl methyl sites for hydroxylation is 9. The lowest BCUT2D eigenvalue weighted by atomic mass is 10.0. The van der Waals surface area contributed by atoms with Crippen LogP contribution in [-0.4, -0.2) is 76.2 Å². The summed E-state index contributed by atoms with van der Waals surface area (Å²) in [5.41, 5.74) is 17.4. The molecule has 0 saturated heterocycles. The summed E-state index contributed by atoms with van der Waals surface area (Å²) in [4.78, 5) is 58.5. The number of furan rings is 1. The van der Waals surface area contributed by atoms with Gasteiger partial charge in [0.25, 0.3) is 5.91 Å². The molecule has 3 aliphatic heterocycles. The number of carbonyl (C=O) groups is 2. The van der Waals surface area contributed by atoms with Crippen LogP contribution in [-0.2, 0) is 30.1 Å². The van der Waals surface area contributed by atoms with E-state index in [9.17, 15) is 14.4 Å². The first-order chi connectivity index (χ1) is 53.6. The number of aromatic nitrogens is 10. The number of nitrogens with zero attached hydrogens (tertiary/aromatic N) is 11. The van der Waals surface area contributed by atoms with Gasteiger partial charge in [0.2, 0.25) is 5.91 Å². The Hall–Kier alpha value is -11.2. The number of amides is 2.